The number of pyridine rings is 1. The maximum absolute atomic E-state index is 12.2. The van der Waals surface area contributed by atoms with Crippen LogP contribution in [0.5, 0.6) is 0 Å². The summed E-state index contributed by atoms with van der Waals surface area (Å²) in [5.41, 5.74) is 1.27. The van der Waals surface area contributed by atoms with E-state index in [1.54, 1.807) is 24.2 Å². The van der Waals surface area contributed by atoms with Gasteiger partial charge in [0.05, 0.1) is 31.2 Å². The second-order valence-electron chi connectivity index (χ2n) is 4.11. The van der Waals surface area contributed by atoms with Crippen LogP contribution in [0.3, 0.4) is 0 Å². The molecule has 1 aliphatic heterocycles. The second-order valence-corrected chi connectivity index (χ2v) is 4.11. The van der Waals surface area contributed by atoms with Crippen LogP contribution < -0.4 is 5.32 Å². The molecule has 0 aliphatic carbocycles. The van der Waals surface area contributed by atoms with Crippen molar-refractivity contribution in [1.82, 2.24) is 9.88 Å². The topological polar surface area (TPSA) is 74.7 Å². The molecular weight excluding hydrogens is 234 g/mol. The number of aromatic nitrogens is 1. The van der Waals surface area contributed by atoms with E-state index in [-0.39, 0.29) is 18.6 Å². The molecule has 98 valence electrons. The summed E-state index contributed by atoms with van der Waals surface area (Å²) in [7, 11) is 1.80. The third-order valence-electron chi connectivity index (χ3n) is 2.90. The second kappa shape index (κ2) is 5.79. The van der Waals surface area contributed by atoms with E-state index in [4.69, 9.17) is 9.84 Å². The quantitative estimate of drug-likeness (QED) is 0.788. The summed E-state index contributed by atoms with van der Waals surface area (Å²) in [6.07, 6.45) is 1.33. The van der Waals surface area contributed by atoms with Crippen LogP contribution in [0.2, 0.25) is 0 Å². The minimum atomic E-state index is -0.292. The molecule has 0 saturated carbocycles. The Morgan fingerprint density at radius 1 is 1.67 bits per heavy atom. The predicted octanol–water partition coefficient (Wildman–Crippen LogP) is -0.0434. The summed E-state index contributed by atoms with van der Waals surface area (Å²) >= 11 is 0. The zero-order valence-corrected chi connectivity index (χ0v) is 10.3. The Kier molecular flexibility index (Phi) is 4.11. The molecule has 1 fully saturated rings. The van der Waals surface area contributed by atoms with E-state index in [0.29, 0.717) is 25.4 Å². The number of rotatable bonds is 3. The highest BCUT2D eigenvalue weighted by Gasteiger charge is 2.25. The number of hydrogen-bond acceptors (Lipinski definition) is 5. The van der Waals surface area contributed by atoms with Crippen molar-refractivity contribution >= 4 is 11.6 Å². The molecule has 2 N–H and O–H groups in total. The first-order valence-electron chi connectivity index (χ1n) is 5.90. The molecule has 6 heteroatoms. The van der Waals surface area contributed by atoms with Gasteiger partial charge in [0.15, 0.2) is 0 Å². The largest absolute Gasteiger partial charge is 0.394 e. The molecule has 1 saturated heterocycles. The normalized spacial score (nSPS) is 19.7. The summed E-state index contributed by atoms with van der Waals surface area (Å²) < 4.78 is 5.31. The summed E-state index contributed by atoms with van der Waals surface area (Å²) in [6.45, 7) is 1.32. The smallest absolute Gasteiger partial charge is 0.272 e. The van der Waals surface area contributed by atoms with Crippen molar-refractivity contribution in [1.29, 1.82) is 0 Å². The van der Waals surface area contributed by atoms with Gasteiger partial charge in [-0.15, -0.1) is 0 Å². The zero-order valence-electron chi connectivity index (χ0n) is 10.3. The van der Waals surface area contributed by atoms with Gasteiger partial charge in [0.1, 0.15) is 5.69 Å². The van der Waals surface area contributed by atoms with E-state index < -0.39 is 0 Å². The number of aliphatic hydroxyl groups excluding tert-OH is 1. The average molecular weight is 251 g/mol. The van der Waals surface area contributed by atoms with Gasteiger partial charge in [0.25, 0.3) is 5.91 Å². The van der Waals surface area contributed by atoms with E-state index in [2.05, 4.69) is 10.3 Å². The molecule has 1 aliphatic rings. The lowest BCUT2D eigenvalue weighted by Gasteiger charge is -2.31. The Balaban J connectivity index is 2.05. The van der Waals surface area contributed by atoms with Crippen LogP contribution >= 0.6 is 0 Å². The fourth-order valence-electron chi connectivity index (χ4n) is 1.84. The van der Waals surface area contributed by atoms with Crippen LogP contribution in [0.25, 0.3) is 0 Å². The summed E-state index contributed by atoms with van der Waals surface area (Å²) in [5, 5.41) is 12.0. The van der Waals surface area contributed by atoms with E-state index in [1.807, 2.05) is 6.07 Å². The standard InChI is InChI=1S/C12H17N3O3/c1-13-9-2-3-11(14-6-9)12(17)15-4-5-18-10(7-15)8-16/h2-3,6,10,13,16H,4-5,7-8H2,1H3. The Morgan fingerprint density at radius 3 is 3.11 bits per heavy atom. The number of hydrogen-bond donors (Lipinski definition) is 2. The van der Waals surface area contributed by atoms with Crippen molar-refractivity contribution < 1.29 is 14.6 Å². The van der Waals surface area contributed by atoms with Crippen LogP contribution in [0.4, 0.5) is 5.69 Å². The number of amides is 1. The molecule has 18 heavy (non-hydrogen) atoms. The molecule has 0 bridgehead atoms. The maximum Gasteiger partial charge on any atom is 0.272 e. The summed E-state index contributed by atoms with van der Waals surface area (Å²) in [4.78, 5) is 17.9. The van der Waals surface area contributed by atoms with Crippen LogP contribution in [-0.4, -0.2) is 60.4 Å². The lowest BCUT2D eigenvalue weighted by molar-refractivity contribution is -0.0448. The Bertz CT molecular complexity index is 408. The fourth-order valence-corrected chi connectivity index (χ4v) is 1.84. The first kappa shape index (κ1) is 12.8. The first-order chi connectivity index (χ1) is 8.74. The van der Waals surface area contributed by atoms with E-state index in [0.717, 1.165) is 5.69 Å². The Morgan fingerprint density at radius 2 is 2.50 bits per heavy atom. The van der Waals surface area contributed by atoms with Crippen LogP contribution in [0, 0.1) is 0 Å². The van der Waals surface area contributed by atoms with Crippen molar-refractivity contribution in [2.45, 2.75) is 6.10 Å². The lowest BCUT2D eigenvalue weighted by atomic mass is 10.2. The van der Waals surface area contributed by atoms with Crippen molar-refractivity contribution in [3.05, 3.63) is 24.0 Å². The number of carbonyl (C=O) groups excluding carboxylic acids is 1. The summed E-state index contributed by atoms with van der Waals surface area (Å²) in [6, 6.07) is 3.50. The molecule has 1 aromatic heterocycles. The molecule has 2 heterocycles. The highest BCUT2D eigenvalue weighted by molar-refractivity contribution is 5.92. The van der Waals surface area contributed by atoms with Crippen molar-refractivity contribution in [3.63, 3.8) is 0 Å². The van der Waals surface area contributed by atoms with E-state index in [9.17, 15) is 4.79 Å². The van der Waals surface area contributed by atoms with Crippen molar-refractivity contribution in [2.24, 2.45) is 0 Å². The highest BCUT2D eigenvalue weighted by Crippen LogP contribution is 2.11. The average Bonchev–Trinajstić information content (AvgIpc) is 2.46. The van der Waals surface area contributed by atoms with Crippen LogP contribution in [0.1, 0.15) is 10.5 Å². The number of nitrogens with zero attached hydrogens (tertiary/aromatic N) is 2. The minimum absolute atomic E-state index is 0.0735. The molecule has 1 aromatic rings. The molecule has 1 amide bonds. The first-order valence-corrected chi connectivity index (χ1v) is 5.90. The van der Waals surface area contributed by atoms with Gasteiger partial charge < -0.3 is 20.1 Å². The van der Waals surface area contributed by atoms with Gasteiger partial charge in [-0.1, -0.05) is 0 Å². The number of nitrogens with one attached hydrogen (secondary N) is 1. The minimum Gasteiger partial charge on any atom is -0.394 e. The van der Waals surface area contributed by atoms with Gasteiger partial charge in [0.2, 0.25) is 0 Å². The molecule has 1 unspecified atom stereocenters. The van der Waals surface area contributed by atoms with Gasteiger partial charge in [-0.3, -0.25) is 4.79 Å². The SMILES string of the molecule is CNc1ccc(C(=O)N2CCOC(CO)C2)nc1. The monoisotopic (exact) mass is 251 g/mol. The molecule has 0 aromatic carbocycles. The number of carbonyl (C=O) groups is 1. The van der Waals surface area contributed by atoms with Crippen molar-refractivity contribution in [3.8, 4) is 0 Å². The van der Waals surface area contributed by atoms with Gasteiger partial charge in [-0.2, -0.15) is 0 Å². The molecule has 6 nitrogen and oxygen atoms in total. The zero-order chi connectivity index (χ0) is 13.0. The highest BCUT2D eigenvalue weighted by atomic mass is 16.5. The Labute approximate surface area is 106 Å². The van der Waals surface area contributed by atoms with E-state index >= 15 is 0 Å². The van der Waals surface area contributed by atoms with Gasteiger partial charge in [-0.05, 0) is 12.1 Å². The summed E-state index contributed by atoms with van der Waals surface area (Å²) in [5.74, 6) is -0.126. The van der Waals surface area contributed by atoms with Gasteiger partial charge >= 0.3 is 0 Å². The number of morpholine rings is 1. The van der Waals surface area contributed by atoms with E-state index in [1.165, 1.54) is 0 Å². The predicted molar refractivity (Wildman–Crippen MR) is 66.5 cm³/mol. The maximum atomic E-state index is 12.2. The lowest BCUT2D eigenvalue weighted by Crippen LogP contribution is -2.47. The Hall–Kier alpha value is -1.66. The molecular formula is C12H17N3O3. The number of aliphatic hydroxyl groups is 1. The van der Waals surface area contributed by atoms with Gasteiger partial charge in [0, 0.05) is 20.1 Å². The fraction of sp³-hybridized carbons (Fsp3) is 0.500. The molecule has 0 spiro atoms. The molecule has 0 radical (unpaired) electrons. The van der Waals surface area contributed by atoms with Crippen molar-refractivity contribution in [2.75, 3.05) is 38.7 Å². The number of anilines is 1. The molecule has 2 rings (SSSR count). The third kappa shape index (κ3) is 2.77. The third-order valence-corrected chi connectivity index (χ3v) is 2.90. The number of ether oxygens (including phenoxy) is 1. The van der Waals surface area contributed by atoms with Crippen LogP contribution in [0.15, 0.2) is 18.3 Å². The van der Waals surface area contributed by atoms with Gasteiger partial charge in [-0.25, -0.2) is 4.98 Å². The van der Waals surface area contributed by atoms with Crippen LogP contribution in [-0.2, 0) is 4.74 Å². The molecule has 1 atom stereocenters.